The summed E-state index contributed by atoms with van der Waals surface area (Å²) in [5.74, 6) is -0.680. The second kappa shape index (κ2) is 9.27. The molecule has 5 heteroatoms. The lowest BCUT2D eigenvalue weighted by molar-refractivity contribution is -0.111. The van der Waals surface area contributed by atoms with E-state index in [2.05, 4.69) is 12.2 Å². The van der Waals surface area contributed by atoms with Gasteiger partial charge < -0.3 is 15.2 Å². The van der Waals surface area contributed by atoms with Gasteiger partial charge in [-0.2, -0.15) is 0 Å². The predicted molar refractivity (Wildman–Crippen MR) is 97.9 cm³/mol. The number of carboxylic acid groups (broad SMARTS) is 1. The average Bonchev–Trinajstić information content (AvgIpc) is 2.61. The third-order valence-corrected chi connectivity index (χ3v) is 3.49. The first-order chi connectivity index (χ1) is 12.1. The molecule has 0 atom stereocenters. The minimum atomic E-state index is -1.08. The minimum Gasteiger partial charge on any atom is -0.494 e. The number of unbranched alkanes of at least 4 members (excludes halogenated alkanes) is 1. The number of amides is 1. The second-order valence-electron chi connectivity index (χ2n) is 5.44. The molecule has 0 aliphatic carbocycles. The maximum atomic E-state index is 12.0. The van der Waals surface area contributed by atoms with Gasteiger partial charge in [0.05, 0.1) is 17.9 Å². The molecule has 0 fully saturated rings. The van der Waals surface area contributed by atoms with E-state index in [0.29, 0.717) is 6.61 Å². The molecular formula is C20H21NO4. The zero-order valence-corrected chi connectivity index (χ0v) is 14.1. The lowest BCUT2D eigenvalue weighted by Crippen LogP contribution is -2.11. The van der Waals surface area contributed by atoms with Crippen LogP contribution in [-0.2, 0) is 4.79 Å². The van der Waals surface area contributed by atoms with Crippen LogP contribution >= 0.6 is 0 Å². The largest absolute Gasteiger partial charge is 0.494 e. The van der Waals surface area contributed by atoms with Crippen LogP contribution in [0.25, 0.3) is 6.08 Å². The zero-order valence-electron chi connectivity index (χ0n) is 14.1. The van der Waals surface area contributed by atoms with E-state index < -0.39 is 11.9 Å². The molecule has 0 aliphatic heterocycles. The van der Waals surface area contributed by atoms with Crippen LogP contribution in [0.2, 0.25) is 0 Å². The van der Waals surface area contributed by atoms with Crippen LogP contribution < -0.4 is 10.1 Å². The van der Waals surface area contributed by atoms with E-state index in [9.17, 15) is 9.59 Å². The van der Waals surface area contributed by atoms with E-state index in [4.69, 9.17) is 9.84 Å². The van der Waals surface area contributed by atoms with Crippen LogP contribution in [0.3, 0.4) is 0 Å². The summed E-state index contributed by atoms with van der Waals surface area (Å²) in [6, 6.07) is 13.7. The van der Waals surface area contributed by atoms with Gasteiger partial charge in [0.15, 0.2) is 0 Å². The predicted octanol–water partition coefficient (Wildman–Crippen LogP) is 4.22. The van der Waals surface area contributed by atoms with E-state index in [1.807, 2.05) is 24.3 Å². The number of nitrogens with one attached hydrogen (secondary N) is 1. The Balaban J connectivity index is 1.95. The van der Waals surface area contributed by atoms with Gasteiger partial charge >= 0.3 is 5.97 Å². The molecule has 0 saturated carbocycles. The SMILES string of the molecule is CCCCOc1ccc(/C=C/C(=O)Nc2ccccc2C(=O)O)cc1. The van der Waals surface area contributed by atoms with Gasteiger partial charge in [0.2, 0.25) is 5.91 Å². The van der Waals surface area contributed by atoms with Crippen molar-refractivity contribution in [2.24, 2.45) is 0 Å². The molecule has 2 aromatic rings. The van der Waals surface area contributed by atoms with Crippen LogP contribution in [0, 0.1) is 0 Å². The topological polar surface area (TPSA) is 75.6 Å². The van der Waals surface area contributed by atoms with Crippen molar-refractivity contribution >= 4 is 23.6 Å². The number of aromatic carboxylic acids is 1. The van der Waals surface area contributed by atoms with Crippen LogP contribution in [0.15, 0.2) is 54.6 Å². The van der Waals surface area contributed by atoms with Gasteiger partial charge in [-0.05, 0) is 42.3 Å². The van der Waals surface area contributed by atoms with E-state index in [1.165, 1.54) is 12.1 Å². The highest BCUT2D eigenvalue weighted by atomic mass is 16.5. The summed E-state index contributed by atoms with van der Waals surface area (Å²) in [6.07, 6.45) is 5.13. The van der Waals surface area contributed by atoms with Crippen molar-refractivity contribution < 1.29 is 19.4 Å². The summed E-state index contributed by atoms with van der Waals surface area (Å²) in [5.41, 5.74) is 1.17. The molecule has 0 bridgehead atoms. The second-order valence-corrected chi connectivity index (χ2v) is 5.44. The molecule has 0 saturated heterocycles. The quantitative estimate of drug-likeness (QED) is 0.558. The molecule has 0 spiro atoms. The number of anilines is 1. The number of carbonyl (C=O) groups excluding carboxylic acids is 1. The molecule has 25 heavy (non-hydrogen) atoms. The van der Waals surface area contributed by atoms with Gasteiger partial charge in [-0.25, -0.2) is 4.79 Å². The Morgan fingerprint density at radius 3 is 2.52 bits per heavy atom. The molecule has 2 N–H and O–H groups in total. The number of carbonyl (C=O) groups is 2. The van der Waals surface area contributed by atoms with Crippen LogP contribution in [0.1, 0.15) is 35.7 Å². The Labute approximate surface area is 146 Å². The van der Waals surface area contributed by atoms with Crippen molar-refractivity contribution in [2.75, 3.05) is 11.9 Å². The first-order valence-corrected chi connectivity index (χ1v) is 8.14. The molecule has 0 aliphatic rings. The van der Waals surface area contributed by atoms with Crippen molar-refractivity contribution in [3.8, 4) is 5.75 Å². The highest BCUT2D eigenvalue weighted by Crippen LogP contribution is 2.16. The molecule has 0 radical (unpaired) electrons. The first kappa shape index (κ1) is 18.3. The van der Waals surface area contributed by atoms with E-state index in [-0.39, 0.29) is 11.3 Å². The Bertz CT molecular complexity index is 751. The molecular weight excluding hydrogens is 318 g/mol. The Morgan fingerprint density at radius 1 is 1.12 bits per heavy atom. The average molecular weight is 339 g/mol. The smallest absolute Gasteiger partial charge is 0.337 e. The number of hydrogen-bond donors (Lipinski definition) is 2. The maximum absolute atomic E-state index is 12.0. The first-order valence-electron chi connectivity index (χ1n) is 8.14. The molecule has 130 valence electrons. The summed E-state index contributed by atoms with van der Waals surface area (Å²) in [4.78, 5) is 23.1. The third kappa shape index (κ3) is 5.80. The summed E-state index contributed by atoms with van der Waals surface area (Å²) >= 11 is 0. The lowest BCUT2D eigenvalue weighted by Gasteiger charge is -2.06. The van der Waals surface area contributed by atoms with Crippen molar-refractivity contribution in [1.82, 2.24) is 0 Å². The van der Waals surface area contributed by atoms with Crippen LogP contribution in [-0.4, -0.2) is 23.6 Å². The normalized spacial score (nSPS) is 10.6. The highest BCUT2D eigenvalue weighted by Gasteiger charge is 2.10. The van der Waals surface area contributed by atoms with Crippen molar-refractivity contribution in [2.45, 2.75) is 19.8 Å². The van der Waals surface area contributed by atoms with Crippen molar-refractivity contribution in [3.05, 3.63) is 65.7 Å². The van der Waals surface area contributed by atoms with Crippen molar-refractivity contribution in [3.63, 3.8) is 0 Å². The molecule has 0 aromatic heterocycles. The standard InChI is InChI=1S/C20H21NO4/c1-2-3-14-25-16-11-8-15(9-12-16)10-13-19(22)21-18-7-5-4-6-17(18)20(23)24/h4-13H,2-3,14H2,1H3,(H,21,22)(H,23,24)/b13-10+. The Hall–Kier alpha value is -3.08. The van der Waals surface area contributed by atoms with Gasteiger partial charge in [0, 0.05) is 6.08 Å². The summed E-state index contributed by atoms with van der Waals surface area (Å²) in [6.45, 7) is 2.80. The van der Waals surface area contributed by atoms with Gasteiger partial charge in [-0.15, -0.1) is 0 Å². The van der Waals surface area contributed by atoms with Gasteiger partial charge in [-0.3, -0.25) is 4.79 Å². The molecule has 2 rings (SSSR count). The molecule has 2 aromatic carbocycles. The van der Waals surface area contributed by atoms with E-state index in [0.717, 1.165) is 24.2 Å². The Morgan fingerprint density at radius 2 is 1.84 bits per heavy atom. The number of ether oxygens (including phenoxy) is 1. The van der Waals surface area contributed by atoms with Gasteiger partial charge in [0.25, 0.3) is 0 Å². The molecule has 1 amide bonds. The maximum Gasteiger partial charge on any atom is 0.337 e. The van der Waals surface area contributed by atoms with Crippen LogP contribution in [0.5, 0.6) is 5.75 Å². The van der Waals surface area contributed by atoms with Gasteiger partial charge in [-0.1, -0.05) is 37.6 Å². The fraction of sp³-hybridized carbons (Fsp3) is 0.200. The molecule has 5 nitrogen and oxygen atoms in total. The fourth-order valence-corrected chi connectivity index (χ4v) is 2.13. The molecule has 0 unspecified atom stereocenters. The van der Waals surface area contributed by atoms with Gasteiger partial charge in [0.1, 0.15) is 5.75 Å². The summed E-state index contributed by atoms with van der Waals surface area (Å²) < 4.78 is 5.58. The monoisotopic (exact) mass is 339 g/mol. The fourth-order valence-electron chi connectivity index (χ4n) is 2.13. The Kier molecular flexibility index (Phi) is 6.77. The van der Waals surface area contributed by atoms with Crippen LogP contribution in [0.4, 0.5) is 5.69 Å². The number of hydrogen-bond acceptors (Lipinski definition) is 3. The van der Waals surface area contributed by atoms with E-state index in [1.54, 1.807) is 24.3 Å². The lowest BCUT2D eigenvalue weighted by atomic mass is 10.1. The summed E-state index contributed by atoms with van der Waals surface area (Å²) in [5, 5.41) is 11.7. The molecule has 0 heterocycles. The number of carboxylic acids is 1. The summed E-state index contributed by atoms with van der Waals surface area (Å²) in [7, 11) is 0. The number of benzene rings is 2. The number of para-hydroxylation sites is 1. The van der Waals surface area contributed by atoms with Crippen molar-refractivity contribution in [1.29, 1.82) is 0 Å². The number of rotatable bonds is 8. The minimum absolute atomic E-state index is 0.0535. The highest BCUT2D eigenvalue weighted by molar-refractivity contribution is 6.06. The third-order valence-electron chi connectivity index (χ3n) is 3.49. The zero-order chi connectivity index (χ0) is 18.1. The van der Waals surface area contributed by atoms with E-state index >= 15 is 0 Å².